The molecule has 0 bridgehead atoms. The Balaban J connectivity index is 0.960. The molecule has 0 spiro atoms. The van der Waals surface area contributed by atoms with Gasteiger partial charge in [-0.15, -0.1) is 0 Å². The molecule has 15 heteroatoms. The molecule has 0 radical (unpaired) electrons. The highest BCUT2D eigenvalue weighted by molar-refractivity contribution is 8.24. The van der Waals surface area contributed by atoms with Crippen molar-refractivity contribution in [1.29, 1.82) is 5.26 Å². The Morgan fingerprint density at radius 2 is 1.10 bits per heavy atom. The lowest BCUT2D eigenvalue weighted by atomic mass is 9.82. The lowest BCUT2D eigenvalue weighted by Crippen LogP contribution is -2.42. The second kappa shape index (κ2) is 24.6. The topological polar surface area (TPSA) is 169 Å². The summed E-state index contributed by atoms with van der Waals surface area (Å²) in [6.45, 7) is 20.7. The van der Waals surface area contributed by atoms with E-state index in [0.29, 0.717) is 41.9 Å². The number of esters is 3. The van der Waals surface area contributed by atoms with Gasteiger partial charge in [-0.1, -0.05) is 30.1 Å². The molecule has 1 N–H and O–H groups in total. The number of hydrogen-bond donors (Lipinski definition) is 1. The fourth-order valence-electron chi connectivity index (χ4n) is 10.7. The van der Waals surface area contributed by atoms with Gasteiger partial charge in [-0.25, -0.2) is 4.79 Å². The number of likely N-dealkylation sites (N-methyl/N-ethyl adjacent to an activating group) is 1. The molecule has 5 aliphatic rings. The molecular formula is C54H78N2O11S2. The Morgan fingerprint density at radius 1 is 0.667 bits per heavy atom. The maximum absolute atomic E-state index is 13.4. The number of nitriles is 1. The van der Waals surface area contributed by atoms with E-state index in [1.54, 1.807) is 0 Å². The lowest BCUT2D eigenvalue weighted by molar-refractivity contribution is -0.168. The van der Waals surface area contributed by atoms with Crippen LogP contribution in [-0.4, -0.2) is 84.8 Å². The Kier molecular flexibility index (Phi) is 19.5. The maximum Gasteiger partial charge on any atom is 0.330 e. The zero-order valence-electron chi connectivity index (χ0n) is 42.5. The lowest BCUT2D eigenvalue weighted by Gasteiger charge is -2.39. The summed E-state index contributed by atoms with van der Waals surface area (Å²) in [6, 6.07) is 5.96. The van der Waals surface area contributed by atoms with Crippen molar-refractivity contribution in [3.63, 3.8) is 0 Å². The Labute approximate surface area is 419 Å². The number of ether oxygens (including phenoxy) is 7. The summed E-state index contributed by atoms with van der Waals surface area (Å²) < 4.78 is 43.9. The average Bonchev–Trinajstić information content (AvgIpc) is 3.74. The zero-order chi connectivity index (χ0) is 49.9. The predicted octanol–water partition coefficient (Wildman–Crippen LogP) is 11.3. The van der Waals surface area contributed by atoms with Crippen LogP contribution in [0.1, 0.15) is 165 Å². The monoisotopic (exact) mass is 995 g/mol. The maximum atomic E-state index is 13.4. The third kappa shape index (κ3) is 16.4. The molecule has 1 heterocycles. The van der Waals surface area contributed by atoms with E-state index in [-0.39, 0.29) is 71.2 Å². The minimum absolute atomic E-state index is 0.0325. The standard InChI is InChI=1S/C54H78N2O11S2/c1-10-45(57)67-54(8,9)33-53(6,7)66-41-26-22-39(23-27-41)64-50(60)37-18-14-35(15-19-37)32-62-44-29-28-43(46-47(44)69-51(68-46)42(30-55)48(58)56-11-2)61-31-34-12-16-36(17-13-34)49(59)63-38-20-24-40(25-21-38)65-52(3,4)5/h10,28-29,34-41H,1,11-27,31-33H2,2-9H3,(H,56,58)/b51-42+. The summed E-state index contributed by atoms with van der Waals surface area (Å²) in [5, 5.41) is 12.8. The van der Waals surface area contributed by atoms with Crippen LogP contribution in [-0.2, 0) is 42.9 Å². The van der Waals surface area contributed by atoms with Gasteiger partial charge in [-0.2, -0.15) is 5.26 Å². The van der Waals surface area contributed by atoms with Gasteiger partial charge in [0.2, 0.25) is 0 Å². The third-order valence-corrected chi connectivity index (χ3v) is 16.5. The van der Waals surface area contributed by atoms with Crippen LogP contribution < -0.4 is 14.8 Å². The highest BCUT2D eigenvalue weighted by atomic mass is 32.2. The van der Waals surface area contributed by atoms with Gasteiger partial charge < -0.3 is 38.5 Å². The van der Waals surface area contributed by atoms with Crippen molar-refractivity contribution in [2.45, 2.75) is 216 Å². The smallest absolute Gasteiger partial charge is 0.330 e. The molecule has 6 rings (SSSR count). The van der Waals surface area contributed by atoms with Crippen molar-refractivity contribution in [3.8, 4) is 17.6 Å². The van der Waals surface area contributed by atoms with Crippen LogP contribution in [0.3, 0.4) is 0 Å². The SMILES string of the molecule is C=CC(=O)OC(C)(C)CC(C)(C)OC1CCC(OC(=O)C2CCC(COc3ccc(OCC4CCC(C(=O)OC5CCC(OC(C)(C)C)CC5)CC4)c4c3S/C(=C(\C#N)C(=O)NCC)S4)CC2)CC1. The molecule has 382 valence electrons. The number of hydrogen-bond acceptors (Lipinski definition) is 14. The summed E-state index contributed by atoms with van der Waals surface area (Å²) in [4.78, 5) is 52.9. The van der Waals surface area contributed by atoms with E-state index in [1.807, 2.05) is 46.8 Å². The minimum atomic E-state index is -0.698. The summed E-state index contributed by atoms with van der Waals surface area (Å²) in [7, 11) is 0. The molecule has 69 heavy (non-hydrogen) atoms. The molecule has 1 aliphatic heterocycles. The van der Waals surface area contributed by atoms with Crippen LogP contribution in [0.25, 0.3) is 0 Å². The molecule has 0 unspecified atom stereocenters. The third-order valence-electron chi connectivity index (χ3n) is 13.8. The Bertz CT molecular complexity index is 2020. The summed E-state index contributed by atoms with van der Waals surface area (Å²) in [6.07, 6.45) is 14.9. The fourth-order valence-corrected chi connectivity index (χ4v) is 13.3. The van der Waals surface area contributed by atoms with Gasteiger partial charge in [-0.05, 0) is 182 Å². The van der Waals surface area contributed by atoms with Crippen LogP contribution >= 0.6 is 23.5 Å². The van der Waals surface area contributed by atoms with Crippen LogP contribution in [0, 0.1) is 35.0 Å². The van der Waals surface area contributed by atoms with Crippen LogP contribution in [0.5, 0.6) is 11.5 Å². The second-order valence-electron chi connectivity index (χ2n) is 22.0. The number of amides is 1. The fraction of sp³-hybridized carbons (Fsp3) is 0.722. The highest BCUT2D eigenvalue weighted by Gasteiger charge is 2.38. The summed E-state index contributed by atoms with van der Waals surface area (Å²) in [5.41, 5.74) is -1.31. The summed E-state index contributed by atoms with van der Waals surface area (Å²) >= 11 is 2.74. The van der Waals surface area contributed by atoms with Gasteiger partial charge in [0.05, 0.1) is 62.5 Å². The number of nitrogens with one attached hydrogen (secondary N) is 1. The van der Waals surface area contributed by atoms with Crippen molar-refractivity contribution < 1.29 is 52.3 Å². The van der Waals surface area contributed by atoms with E-state index < -0.39 is 23.1 Å². The largest absolute Gasteiger partial charge is 0.492 e. The highest BCUT2D eigenvalue weighted by Crippen LogP contribution is 2.59. The molecule has 4 fully saturated rings. The van der Waals surface area contributed by atoms with Gasteiger partial charge in [0.15, 0.2) is 0 Å². The van der Waals surface area contributed by atoms with Gasteiger partial charge in [0.25, 0.3) is 5.91 Å². The van der Waals surface area contributed by atoms with Crippen molar-refractivity contribution in [2.75, 3.05) is 19.8 Å². The number of carbonyl (C=O) groups is 4. The number of benzene rings is 1. The molecule has 1 amide bonds. The molecule has 4 aliphatic carbocycles. The van der Waals surface area contributed by atoms with Crippen molar-refractivity contribution in [3.05, 3.63) is 34.6 Å². The molecule has 0 aromatic heterocycles. The first-order valence-corrected chi connectivity index (χ1v) is 27.2. The van der Waals surface area contributed by atoms with E-state index >= 15 is 0 Å². The van der Waals surface area contributed by atoms with E-state index in [4.69, 9.17) is 33.2 Å². The van der Waals surface area contributed by atoms with E-state index in [1.165, 1.54) is 29.6 Å². The van der Waals surface area contributed by atoms with Crippen molar-refractivity contribution in [1.82, 2.24) is 5.32 Å². The first-order valence-electron chi connectivity index (χ1n) is 25.6. The number of rotatable bonds is 19. The second-order valence-corrected chi connectivity index (χ2v) is 24.3. The molecular weight excluding hydrogens is 917 g/mol. The van der Waals surface area contributed by atoms with Gasteiger partial charge >= 0.3 is 17.9 Å². The van der Waals surface area contributed by atoms with Gasteiger partial charge in [0, 0.05) is 19.0 Å². The number of carbonyl (C=O) groups excluding carboxylic acids is 4. The number of thioether (sulfide) groups is 2. The molecule has 0 atom stereocenters. The number of fused-ring (bicyclic) bond motifs is 1. The average molecular weight is 995 g/mol. The van der Waals surface area contributed by atoms with Crippen LogP contribution in [0.4, 0.5) is 0 Å². The van der Waals surface area contributed by atoms with Crippen LogP contribution in [0.15, 0.2) is 44.4 Å². The Morgan fingerprint density at radius 3 is 1.51 bits per heavy atom. The van der Waals surface area contributed by atoms with Crippen LogP contribution in [0.2, 0.25) is 0 Å². The molecule has 13 nitrogen and oxygen atoms in total. The van der Waals surface area contributed by atoms with Gasteiger partial charge in [0.1, 0.15) is 41.0 Å². The first kappa shape index (κ1) is 54.6. The van der Waals surface area contributed by atoms with E-state index in [9.17, 15) is 24.4 Å². The van der Waals surface area contributed by atoms with Crippen molar-refractivity contribution >= 4 is 47.3 Å². The normalized spacial score (nSPS) is 27.2. The number of nitrogens with zero attached hydrogens (tertiary/aromatic N) is 1. The van der Waals surface area contributed by atoms with E-state index in [2.05, 4.69) is 38.7 Å². The Hall–Kier alpha value is -3.71. The molecule has 0 saturated heterocycles. The first-order chi connectivity index (χ1) is 32.7. The van der Waals surface area contributed by atoms with E-state index in [0.717, 1.165) is 113 Å². The van der Waals surface area contributed by atoms with Gasteiger partial charge in [-0.3, -0.25) is 14.4 Å². The molecule has 1 aromatic carbocycles. The zero-order valence-corrected chi connectivity index (χ0v) is 44.1. The molecule has 4 saturated carbocycles. The summed E-state index contributed by atoms with van der Waals surface area (Å²) in [5.74, 6) is 0.631. The predicted molar refractivity (Wildman–Crippen MR) is 267 cm³/mol. The quantitative estimate of drug-likeness (QED) is 0.0601. The van der Waals surface area contributed by atoms with Crippen molar-refractivity contribution in [2.24, 2.45) is 23.7 Å². The minimum Gasteiger partial charge on any atom is -0.492 e. The molecule has 1 aromatic rings.